The number of carbonyl (C=O) groups excluding carboxylic acids is 1. The van der Waals surface area contributed by atoms with Crippen LogP contribution in [-0.4, -0.2) is 11.9 Å². The molecule has 1 aromatic carbocycles. The van der Waals surface area contributed by atoms with Crippen LogP contribution in [0.2, 0.25) is 0 Å². The highest BCUT2D eigenvalue weighted by Gasteiger charge is 2.16. The zero-order valence-electron chi connectivity index (χ0n) is 8.80. The third kappa shape index (κ3) is 2.78. The third-order valence-corrected chi connectivity index (χ3v) is 2.52. The monoisotopic (exact) mass is 274 g/mol. The number of ketones is 1. The number of carbonyl (C=O) groups is 1. The molecule has 4 heteroatoms. The van der Waals surface area contributed by atoms with E-state index >= 15 is 0 Å². The van der Waals surface area contributed by atoms with Crippen molar-refractivity contribution in [3.63, 3.8) is 0 Å². The summed E-state index contributed by atoms with van der Waals surface area (Å²) in [7, 11) is 0. The lowest BCUT2D eigenvalue weighted by Crippen LogP contribution is -2.10. The maximum atomic E-state index is 13.2. The summed E-state index contributed by atoms with van der Waals surface area (Å²) >= 11 is 3.08. The van der Waals surface area contributed by atoms with Crippen molar-refractivity contribution in [3.05, 3.63) is 28.0 Å². The summed E-state index contributed by atoms with van der Waals surface area (Å²) in [5.41, 5.74) is 0.386. The van der Waals surface area contributed by atoms with Crippen LogP contribution in [0.5, 0.6) is 5.75 Å². The molecule has 15 heavy (non-hydrogen) atoms. The molecule has 0 atom stereocenters. The molecule has 0 aliphatic heterocycles. The van der Waals surface area contributed by atoms with Gasteiger partial charge in [0.1, 0.15) is 11.6 Å². The van der Waals surface area contributed by atoms with Crippen molar-refractivity contribution in [3.8, 4) is 5.75 Å². The van der Waals surface area contributed by atoms with Crippen molar-refractivity contribution in [2.75, 3.05) is 0 Å². The standard InChI is InChI=1S/C11H12BrFO2/c1-6(2)15-11-8(7(3)14)4-5-9(13)10(11)12/h4-6H,1-3H3. The van der Waals surface area contributed by atoms with Crippen LogP contribution in [0.4, 0.5) is 4.39 Å². The number of ether oxygens (including phenoxy) is 1. The Labute approximate surface area is 96.6 Å². The molecule has 2 nitrogen and oxygen atoms in total. The van der Waals surface area contributed by atoms with Crippen LogP contribution in [0.25, 0.3) is 0 Å². The number of hydrogen-bond donors (Lipinski definition) is 0. The molecule has 0 heterocycles. The molecule has 1 aromatic rings. The van der Waals surface area contributed by atoms with E-state index in [0.29, 0.717) is 5.56 Å². The van der Waals surface area contributed by atoms with Crippen molar-refractivity contribution in [1.29, 1.82) is 0 Å². The Kier molecular flexibility index (Phi) is 3.85. The Morgan fingerprint density at radius 1 is 1.47 bits per heavy atom. The van der Waals surface area contributed by atoms with Crippen molar-refractivity contribution in [2.45, 2.75) is 26.9 Å². The van der Waals surface area contributed by atoms with Crippen LogP contribution in [0.3, 0.4) is 0 Å². The second-order valence-electron chi connectivity index (χ2n) is 3.46. The fourth-order valence-electron chi connectivity index (χ4n) is 1.16. The molecule has 0 unspecified atom stereocenters. The lowest BCUT2D eigenvalue weighted by molar-refractivity contribution is 0.101. The SMILES string of the molecule is CC(=O)c1ccc(F)c(Br)c1OC(C)C. The largest absolute Gasteiger partial charge is 0.489 e. The van der Waals surface area contributed by atoms with Gasteiger partial charge in [0.25, 0.3) is 0 Å². The van der Waals surface area contributed by atoms with Crippen LogP contribution < -0.4 is 4.74 Å². The molecule has 82 valence electrons. The van der Waals surface area contributed by atoms with E-state index in [4.69, 9.17) is 4.74 Å². The summed E-state index contributed by atoms with van der Waals surface area (Å²) in [5.74, 6) is -0.306. The zero-order chi connectivity index (χ0) is 11.6. The maximum Gasteiger partial charge on any atom is 0.163 e. The van der Waals surface area contributed by atoms with Gasteiger partial charge >= 0.3 is 0 Å². The average Bonchev–Trinajstić information content (AvgIpc) is 2.12. The highest BCUT2D eigenvalue weighted by atomic mass is 79.9. The first-order chi connectivity index (χ1) is 6.93. The topological polar surface area (TPSA) is 26.3 Å². The Morgan fingerprint density at radius 3 is 2.53 bits per heavy atom. The van der Waals surface area contributed by atoms with Crippen molar-refractivity contribution in [1.82, 2.24) is 0 Å². The second kappa shape index (κ2) is 4.75. The highest BCUT2D eigenvalue weighted by Crippen LogP contribution is 2.32. The normalized spacial score (nSPS) is 10.5. The molecule has 0 aliphatic carbocycles. The molecule has 1 rings (SSSR count). The lowest BCUT2D eigenvalue weighted by Gasteiger charge is -2.14. The summed E-state index contributed by atoms with van der Waals surface area (Å²) in [6, 6.07) is 2.67. The van der Waals surface area contributed by atoms with Gasteiger partial charge in [0, 0.05) is 0 Å². The Bertz CT molecular complexity index is 388. The molecule has 0 N–H and O–H groups in total. The van der Waals surface area contributed by atoms with Crippen LogP contribution in [0.15, 0.2) is 16.6 Å². The molecular formula is C11H12BrFO2. The highest BCUT2D eigenvalue weighted by molar-refractivity contribution is 9.10. The first-order valence-electron chi connectivity index (χ1n) is 4.59. The molecule has 0 fully saturated rings. The van der Waals surface area contributed by atoms with Gasteiger partial charge in [-0.3, -0.25) is 4.79 Å². The molecule has 0 amide bonds. The first kappa shape index (κ1) is 12.2. The van der Waals surface area contributed by atoms with Crippen molar-refractivity contribution < 1.29 is 13.9 Å². The minimum absolute atomic E-state index is 0.110. The fourth-order valence-corrected chi connectivity index (χ4v) is 1.60. The van der Waals surface area contributed by atoms with E-state index in [9.17, 15) is 9.18 Å². The van der Waals surface area contributed by atoms with Gasteiger partial charge in [-0.25, -0.2) is 4.39 Å². The minimum atomic E-state index is -0.435. The fraction of sp³-hybridized carbons (Fsp3) is 0.364. The van der Waals surface area contributed by atoms with E-state index in [-0.39, 0.29) is 22.1 Å². The second-order valence-corrected chi connectivity index (χ2v) is 4.25. The quantitative estimate of drug-likeness (QED) is 0.788. The van der Waals surface area contributed by atoms with E-state index in [1.54, 1.807) is 0 Å². The van der Waals surface area contributed by atoms with Gasteiger partial charge in [0.05, 0.1) is 16.1 Å². The van der Waals surface area contributed by atoms with Crippen LogP contribution >= 0.6 is 15.9 Å². The number of Topliss-reactive ketones (excluding diaryl/α,β-unsaturated/α-hetero) is 1. The summed E-state index contributed by atoms with van der Waals surface area (Å²) in [4.78, 5) is 11.3. The first-order valence-corrected chi connectivity index (χ1v) is 5.38. The van der Waals surface area contributed by atoms with Gasteiger partial charge in [-0.05, 0) is 48.8 Å². The van der Waals surface area contributed by atoms with Gasteiger partial charge in [-0.15, -0.1) is 0 Å². The third-order valence-electron chi connectivity index (χ3n) is 1.78. The molecular weight excluding hydrogens is 263 g/mol. The van der Waals surface area contributed by atoms with Crippen LogP contribution in [-0.2, 0) is 0 Å². The van der Waals surface area contributed by atoms with Crippen molar-refractivity contribution >= 4 is 21.7 Å². The molecule has 0 saturated carbocycles. The van der Waals surface area contributed by atoms with Gasteiger partial charge in [-0.1, -0.05) is 0 Å². The van der Waals surface area contributed by atoms with E-state index in [2.05, 4.69) is 15.9 Å². The molecule has 0 spiro atoms. The summed E-state index contributed by atoms with van der Waals surface area (Å²) in [5, 5.41) is 0. The maximum absolute atomic E-state index is 13.2. The van der Waals surface area contributed by atoms with Gasteiger partial charge in [0.2, 0.25) is 0 Å². The Hall–Kier alpha value is -0.900. The summed E-state index contributed by atoms with van der Waals surface area (Å²) in [6.07, 6.45) is -0.110. The molecule has 0 bridgehead atoms. The zero-order valence-corrected chi connectivity index (χ0v) is 10.4. The number of rotatable bonds is 3. The molecule has 0 radical (unpaired) electrons. The number of benzene rings is 1. The predicted octanol–water partition coefficient (Wildman–Crippen LogP) is 3.58. The number of halogens is 2. The predicted molar refractivity (Wildman–Crippen MR) is 59.9 cm³/mol. The van der Waals surface area contributed by atoms with Gasteiger partial charge in [0.15, 0.2) is 5.78 Å². The lowest BCUT2D eigenvalue weighted by atomic mass is 10.1. The van der Waals surface area contributed by atoms with E-state index in [1.165, 1.54) is 19.1 Å². The Balaban J connectivity index is 3.28. The van der Waals surface area contributed by atoms with Gasteiger partial charge in [-0.2, -0.15) is 0 Å². The van der Waals surface area contributed by atoms with Gasteiger partial charge < -0.3 is 4.74 Å². The van der Waals surface area contributed by atoms with E-state index in [0.717, 1.165) is 0 Å². The smallest absolute Gasteiger partial charge is 0.163 e. The molecule has 0 aliphatic rings. The van der Waals surface area contributed by atoms with E-state index < -0.39 is 5.82 Å². The number of hydrogen-bond acceptors (Lipinski definition) is 2. The Morgan fingerprint density at radius 2 is 2.07 bits per heavy atom. The molecule has 0 saturated heterocycles. The summed E-state index contributed by atoms with van der Waals surface area (Å²) in [6.45, 7) is 5.06. The summed E-state index contributed by atoms with van der Waals surface area (Å²) < 4.78 is 18.8. The average molecular weight is 275 g/mol. The van der Waals surface area contributed by atoms with Crippen LogP contribution in [0, 0.1) is 5.82 Å². The molecule has 0 aromatic heterocycles. The van der Waals surface area contributed by atoms with Crippen LogP contribution in [0.1, 0.15) is 31.1 Å². The van der Waals surface area contributed by atoms with Crippen molar-refractivity contribution in [2.24, 2.45) is 0 Å². The minimum Gasteiger partial charge on any atom is -0.489 e. The van der Waals surface area contributed by atoms with E-state index in [1.807, 2.05) is 13.8 Å².